The van der Waals surface area contributed by atoms with E-state index in [1.165, 1.54) is 17.6 Å². The van der Waals surface area contributed by atoms with Crippen molar-refractivity contribution in [2.24, 2.45) is 0 Å². The molecule has 2 aromatic heterocycles. The molecule has 0 saturated carbocycles. The van der Waals surface area contributed by atoms with Crippen LogP contribution in [0.15, 0.2) is 53.3 Å². The molecule has 1 N–H and O–H groups in total. The minimum Gasteiger partial charge on any atom is -0.508 e. The second-order valence-corrected chi connectivity index (χ2v) is 4.29. The van der Waals surface area contributed by atoms with E-state index in [-0.39, 0.29) is 11.3 Å². The van der Waals surface area contributed by atoms with Crippen LogP contribution in [-0.2, 0) is 0 Å². The number of aromatic nitrogens is 2. The number of methoxy groups -OCH3 is 1. The van der Waals surface area contributed by atoms with Crippen molar-refractivity contribution in [3.8, 4) is 22.9 Å². The lowest BCUT2D eigenvalue weighted by Crippen LogP contribution is -2.16. The van der Waals surface area contributed by atoms with Crippen LogP contribution in [0.2, 0.25) is 0 Å². The van der Waals surface area contributed by atoms with E-state index in [4.69, 9.17) is 4.74 Å². The highest BCUT2D eigenvalue weighted by Gasteiger charge is 2.08. The molecule has 3 aromatic rings. The van der Waals surface area contributed by atoms with E-state index < -0.39 is 0 Å². The molecule has 0 bridgehead atoms. The third-order valence-electron chi connectivity index (χ3n) is 3.00. The molecule has 2 heterocycles. The predicted octanol–water partition coefficient (Wildman–Crippen LogP) is 2.08. The van der Waals surface area contributed by atoms with Crippen molar-refractivity contribution in [1.29, 1.82) is 0 Å². The lowest BCUT2D eigenvalue weighted by atomic mass is 10.1. The average molecular weight is 268 g/mol. The smallest absolute Gasteiger partial charge is 0.261 e. The molecule has 0 aliphatic carbocycles. The van der Waals surface area contributed by atoms with Gasteiger partial charge in [-0.1, -0.05) is 18.2 Å². The van der Waals surface area contributed by atoms with Crippen molar-refractivity contribution in [3.63, 3.8) is 0 Å². The summed E-state index contributed by atoms with van der Waals surface area (Å²) in [6.45, 7) is 0. The molecule has 5 nitrogen and oxygen atoms in total. The van der Waals surface area contributed by atoms with Gasteiger partial charge in [-0.15, -0.1) is 0 Å². The van der Waals surface area contributed by atoms with Crippen LogP contribution in [-0.4, -0.2) is 21.6 Å². The first-order valence-electron chi connectivity index (χ1n) is 6.05. The Balaban J connectivity index is 2.28. The first kappa shape index (κ1) is 12.2. The number of fused-ring (bicyclic) bond motifs is 1. The largest absolute Gasteiger partial charge is 0.508 e. The van der Waals surface area contributed by atoms with Crippen LogP contribution in [0.1, 0.15) is 0 Å². The molecule has 20 heavy (non-hydrogen) atoms. The molecular formula is C15H12N2O3. The number of hydrogen-bond acceptors (Lipinski definition) is 4. The highest BCUT2D eigenvalue weighted by molar-refractivity contribution is 5.63. The molecule has 1 aromatic carbocycles. The molecular weight excluding hydrogens is 256 g/mol. The van der Waals surface area contributed by atoms with Crippen LogP contribution in [0.25, 0.3) is 16.9 Å². The van der Waals surface area contributed by atoms with Gasteiger partial charge in [0, 0.05) is 11.6 Å². The van der Waals surface area contributed by atoms with E-state index in [0.29, 0.717) is 22.8 Å². The number of ether oxygens (including phenoxy) is 1. The fourth-order valence-corrected chi connectivity index (χ4v) is 2.10. The molecule has 0 spiro atoms. The Labute approximate surface area is 114 Å². The van der Waals surface area contributed by atoms with E-state index in [1.807, 2.05) is 0 Å². The molecule has 5 heteroatoms. The van der Waals surface area contributed by atoms with Gasteiger partial charge in [0.05, 0.1) is 12.8 Å². The van der Waals surface area contributed by atoms with Gasteiger partial charge in [-0.25, -0.2) is 9.38 Å². The third-order valence-corrected chi connectivity index (χ3v) is 3.00. The minimum absolute atomic E-state index is 0.134. The zero-order valence-electron chi connectivity index (χ0n) is 10.8. The highest BCUT2D eigenvalue weighted by Crippen LogP contribution is 2.21. The van der Waals surface area contributed by atoms with Crippen molar-refractivity contribution in [2.45, 2.75) is 0 Å². The summed E-state index contributed by atoms with van der Waals surface area (Å²) in [5, 5.41) is 9.51. The Morgan fingerprint density at radius 1 is 1.15 bits per heavy atom. The van der Waals surface area contributed by atoms with Crippen LogP contribution in [0, 0.1) is 0 Å². The number of phenols is 1. The van der Waals surface area contributed by atoms with Crippen LogP contribution in [0.5, 0.6) is 11.6 Å². The number of pyridine rings is 1. The maximum atomic E-state index is 12.2. The number of phenolic OH excluding ortho intramolecular Hbond substituents is 1. The number of hydrogen-bond donors (Lipinski definition) is 1. The average Bonchev–Trinajstić information content (AvgIpc) is 2.46. The molecule has 0 fully saturated rings. The van der Waals surface area contributed by atoms with Gasteiger partial charge in [0.2, 0.25) is 5.88 Å². The third kappa shape index (κ3) is 1.99. The highest BCUT2D eigenvalue weighted by atomic mass is 16.5. The molecule has 0 aliphatic heterocycles. The first-order chi connectivity index (χ1) is 9.69. The van der Waals surface area contributed by atoms with Crippen LogP contribution < -0.4 is 10.3 Å². The maximum absolute atomic E-state index is 12.2. The van der Waals surface area contributed by atoms with Crippen molar-refractivity contribution in [3.05, 3.63) is 58.9 Å². The normalized spacial score (nSPS) is 10.7. The number of nitrogens with zero attached hydrogens (tertiary/aromatic N) is 2. The van der Waals surface area contributed by atoms with Crippen LogP contribution >= 0.6 is 0 Å². The fourth-order valence-electron chi connectivity index (χ4n) is 2.10. The SMILES string of the molecule is COc1cccc2nc(-c3cccc(O)c3)cc(=O)n12. The number of rotatable bonds is 2. The van der Waals surface area contributed by atoms with Crippen LogP contribution in [0.4, 0.5) is 0 Å². The van der Waals surface area contributed by atoms with E-state index >= 15 is 0 Å². The van der Waals surface area contributed by atoms with Gasteiger partial charge in [0.1, 0.15) is 11.4 Å². The van der Waals surface area contributed by atoms with Gasteiger partial charge in [-0.05, 0) is 24.3 Å². The van der Waals surface area contributed by atoms with Gasteiger partial charge in [-0.3, -0.25) is 4.79 Å². The molecule has 0 radical (unpaired) electrons. The predicted molar refractivity (Wildman–Crippen MR) is 75.1 cm³/mol. The Bertz CT molecular complexity index is 840. The molecule has 100 valence electrons. The zero-order valence-corrected chi connectivity index (χ0v) is 10.8. The number of benzene rings is 1. The topological polar surface area (TPSA) is 63.8 Å². The molecule has 0 aliphatic rings. The Hall–Kier alpha value is -2.82. The second-order valence-electron chi connectivity index (χ2n) is 4.29. The Kier molecular flexibility index (Phi) is 2.87. The van der Waals surface area contributed by atoms with Gasteiger partial charge in [0.15, 0.2) is 0 Å². The summed E-state index contributed by atoms with van der Waals surface area (Å²) >= 11 is 0. The summed E-state index contributed by atoms with van der Waals surface area (Å²) in [6.07, 6.45) is 0. The second kappa shape index (κ2) is 4.70. The fraction of sp³-hybridized carbons (Fsp3) is 0.0667. The van der Waals surface area contributed by atoms with Gasteiger partial charge >= 0.3 is 0 Å². The summed E-state index contributed by atoms with van der Waals surface area (Å²) in [5.74, 6) is 0.567. The zero-order chi connectivity index (χ0) is 14.1. The summed E-state index contributed by atoms with van der Waals surface area (Å²) in [6, 6.07) is 13.3. The molecule has 3 rings (SSSR count). The van der Waals surface area contributed by atoms with E-state index in [0.717, 1.165) is 0 Å². The minimum atomic E-state index is -0.231. The Morgan fingerprint density at radius 3 is 2.70 bits per heavy atom. The van der Waals surface area contributed by atoms with Crippen molar-refractivity contribution in [1.82, 2.24) is 9.38 Å². The lowest BCUT2D eigenvalue weighted by molar-refractivity contribution is 0.390. The van der Waals surface area contributed by atoms with Crippen LogP contribution in [0.3, 0.4) is 0 Å². The summed E-state index contributed by atoms with van der Waals surface area (Å²) in [5.41, 5.74) is 1.47. The molecule has 0 amide bonds. The van der Waals surface area contributed by atoms with Crippen molar-refractivity contribution >= 4 is 5.65 Å². The standard InChI is InChI=1S/C15H12N2O3/c1-20-15-7-3-6-13-16-12(9-14(19)17(13)15)10-4-2-5-11(18)8-10/h2-9,18H,1H3. The van der Waals surface area contributed by atoms with E-state index in [1.54, 1.807) is 42.5 Å². The van der Waals surface area contributed by atoms with Crippen molar-refractivity contribution in [2.75, 3.05) is 7.11 Å². The molecule has 0 saturated heterocycles. The molecule has 0 unspecified atom stereocenters. The van der Waals surface area contributed by atoms with Gasteiger partial charge < -0.3 is 9.84 Å². The summed E-state index contributed by atoms with van der Waals surface area (Å²) in [4.78, 5) is 16.6. The van der Waals surface area contributed by atoms with E-state index in [9.17, 15) is 9.90 Å². The lowest BCUT2D eigenvalue weighted by Gasteiger charge is -2.08. The summed E-state index contributed by atoms with van der Waals surface area (Å²) < 4.78 is 6.55. The van der Waals surface area contributed by atoms with E-state index in [2.05, 4.69) is 4.98 Å². The number of aromatic hydroxyl groups is 1. The Morgan fingerprint density at radius 2 is 1.95 bits per heavy atom. The summed E-state index contributed by atoms with van der Waals surface area (Å²) in [7, 11) is 1.50. The molecule has 0 atom stereocenters. The van der Waals surface area contributed by atoms with Gasteiger partial charge in [0.25, 0.3) is 5.56 Å². The maximum Gasteiger partial charge on any atom is 0.261 e. The van der Waals surface area contributed by atoms with Gasteiger partial charge in [-0.2, -0.15) is 0 Å². The van der Waals surface area contributed by atoms with Crippen molar-refractivity contribution < 1.29 is 9.84 Å². The quantitative estimate of drug-likeness (QED) is 0.772. The monoisotopic (exact) mass is 268 g/mol. The first-order valence-corrected chi connectivity index (χ1v) is 6.05.